The van der Waals surface area contributed by atoms with E-state index in [1.54, 1.807) is 35.6 Å². The smallest absolute Gasteiger partial charge is 0.268 e. The van der Waals surface area contributed by atoms with Crippen LogP contribution in [0.5, 0.6) is 0 Å². The summed E-state index contributed by atoms with van der Waals surface area (Å²) in [4.78, 5) is 10.5. The first-order valence-corrected chi connectivity index (χ1v) is 9.31. The van der Waals surface area contributed by atoms with Crippen LogP contribution in [0.15, 0.2) is 72.9 Å². The molecule has 3 aromatic rings. The average molecular weight is 411 g/mol. The number of ether oxygens (including phenoxy) is 2. The zero-order chi connectivity index (χ0) is 20.2. The normalized spacial score (nSPS) is 15.3. The van der Waals surface area contributed by atoms with E-state index < -0.39 is 6.29 Å². The zero-order valence-electron chi connectivity index (χ0n) is 15.6. The molecule has 0 bridgehead atoms. The third-order valence-corrected chi connectivity index (χ3v) is 4.56. The van der Waals surface area contributed by atoms with Gasteiger partial charge in [0, 0.05) is 29.5 Å². The fraction of sp³-hybridized carbons (Fsp3) is 0.143. The lowest BCUT2D eigenvalue weighted by Crippen LogP contribution is -2.19. The van der Waals surface area contributed by atoms with E-state index in [9.17, 15) is 5.11 Å². The van der Waals surface area contributed by atoms with E-state index in [0.29, 0.717) is 22.7 Å². The predicted octanol–water partition coefficient (Wildman–Crippen LogP) is 4.35. The summed E-state index contributed by atoms with van der Waals surface area (Å²) in [7, 11) is 1.83. The number of halogens is 1. The van der Waals surface area contributed by atoms with Crippen molar-refractivity contribution < 1.29 is 14.6 Å². The predicted molar refractivity (Wildman–Crippen MR) is 111 cm³/mol. The monoisotopic (exact) mass is 410 g/mol. The van der Waals surface area contributed by atoms with Gasteiger partial charge in [-0.05, 0) is 35.9 Å². The van der Waals surface area contributed by atoms with Gasteiger partial charge in [-0.25, -0.2) is 4.98 Å². The molecule has 4 rings (SSSR count). The van der Waals surface area contributed by atoms with Crippen LogP contribution < -0.4 is 10.2 Å². The SMILES string of the molecule is CN(C1=COC(c2cccc(Cl)c2)O1)c1ccnc(Nc2cccc(CO)c2)n1. The van der Waals surface area contributed by atoms with Gasteiger partial charge in [0.15, 0.2) is 0 Å². The molecular weight excluding hydrogens is 392 g/mol. The van der Waals surface area contributed by atoms with Crippen molar-refractivity contribution in [1.29, 1.82) is 0 Å². The number of aromatic nitrogens is 2. The largest absolute Gasteiger partial charge is 0.453 e. The van der Waals surface area contributed by atoms with Gasteiger partial charge in [-0.3, -0.25) is 4.90 Å². The van der Waals surface area contributed by atoms with Crippen molar-refractivity contribution in [1.82, 2.24) is 9.97 Å². The minimum atomic E-state index is -0.563. The third kappa shape index (κ3) is 4.42. The minimum absolute atomic E-state index is 0.0293. The summed E-state index contributed by atoms with van der Waals surface area (Å²) in [6, 6.07) is 16.5. The molecule has 2 aromatic carbocycles. The summed E-state index contributed by atoms with van der Waals surface area (Å²) >= 11 is 6.04. The molecule has 148 valence electrons. The molecule has 7 nitrogen and oxygen atoms in total. The summed E-state index contributed by atoms with van der Waals surface area (Å²) in [5.74, 6) is 1.57. The quantitative estimate of drug-likeness (QED) is 0.625. The van der Waals surface area contributed by atoms with Crippen LogP contribution in [0.2, 0.25) is 5.02 Å². The van der Waals surface area contributed by atoms with Crippen molar-refractivity contribution in [3.63, 3.8) is 0 Å². The molecule has 1 aliphatic heterocycles. The molecule has 1 unspecified atom stereocenters. The maximum absolute atomic E-state index is 9.28. The van der Waals surface area contributed by atoms with Crippen molar-refractivity contribution >= 4 is 29.1 Å². The van der Waals surface area contributed by atoms with Gasteiger partial charge in [0.25, 0.3) is 6.29 Å². The Labute approximate surface area is 173 Å². The van der Waals surface area contributed by atoms with Crippen LogP contribution in [-0.4, -0.2) is 22.1 Å². The Morgan fingerprint density at radius 2 is 2.03 bits per heavy atom. The molecule has 1 aliphatic rings. The van der Waals surface area contributed by atoms with E-state index in [-0.39, 0.29) is 6.61 Å². The van der Waals surface area contributed by atoms with Gasteiger partial charge in [0.1, 0.15) is 12.1 Å². The van der Waals surface area contributed by atoms with Crippen LogP contribution >= 0.6 is 11.6 Å². The fourth-order valence-electron chi connectivity index (χ4n) is 2.83. The Bertz CT molecular complexity index is 1040. The fourth-order valence-corrected chi connectivity index (χ4v) is 3.03. The molecule has 0 radical (unpaired) electrons. The molecule has 0 aliphatic carbocycles. The standard InChI is InChI=1S/C21H19ClN4O3/c1-26(19-13-28-20(29-19)15-5-3-6-16(22)11-15)18-8-9-23-21(25-18)24-17-7-2-4-14(10-17)12-27/h2-11,13,20,27H,12H2,1H3,(H,23,24,25). The number of nitrogens with zero attached hydrogens (tertiary/aromatic N) is 3. The van der Waals surface area contributed by atoms with Crippen molar-refractivity contribution in [2.45, 2.75) is 12.9 Å². The Hall–Kier alpha value is -3.29. The minimum Gasteiger partial charge on any atom is -0.453 e. The van der Waals surface area contributed by atoms with Crippen LogP contribution in [0, 0.1) is 0 Å². The number of hydrogen-bond donors (Lipinski definition) is 2. The topological polar surface area (TPSA) is 79.7 Å². The van der Waals surface area contributed by atoms with Crippen molar-refractivity contribution in [3.05, 3.63) is 89.1 Å². The Morgan fingerprint density at radius 3 is 2.86 bits per heavy atom. The summed E-state index contributed by atoms with van der Waals surface area (Å²) in [5, 5.41) is 13.0. The van der Waals surface area contributed by atoms with Gasteiger partial charge in [-0.2, -0.15) is 4.98 Å². The molecule has 0 saturated carbocycles. The van der Waals surface area contributed by atoms with Gasteiger partial charge in [0.2, 0.25) is 11.8 Å². The molecule has 0 fully saturated rings. The maximum atomic E-state index is 9.28. The third-order valence-electron chi connectivity index (χ3n) is 4.32. The summed E-state index contributed by atoms with van der Waals surface area (Å²) in [6.07, 6.45) is 2.64. The van der Waals surface area contributed by atoms with Gasteiger partial charge in [0.05, 0.1) is 6.61 Å². The summed E-state index contributed by atoms with van der Waals surface area (Å²) < 4.78 is 11.5. The summed E-state index contributed by atoms with van der Waals surface area (Å²) in [5.41, 5.74) is 2.42. The van der Waals surface area contributed by atoms with Crippen molar-refractivity contribution in [2.24, 2.45) is 0 Å². The van der Waals surface area contributed by atoms with E-state index in [0.717, 1.165) is 16.8 Å². The second-order valence-electron chi connectivity index (χ2n) is 6.38. The van der Waals surface area contributed by atoms with Crippen LogP contribution in [0.3, 0.4) is 0 Å². The molecule has 0 spiro atoms. The number of anilines is 3. The van der Waals surface area contributed by atoms with E-state index in [4.69, 9.17) is 21.1 Å². The second kappa shape index (κ2) is 8.38. The lowest BCUT2D eigenvalue weighted by Gasteiger charge is -2.20. The zero-order valence-corrected chi connectivity index (χ0v) is 16.4. The van der Waals surface area contributed by atoms with E-state index in [2.05, 4.69) is 15.3 Å². The highest BCUT2D eigenvalue weighted by atomic mass is 35.5. The van der Waals surface area contributed by atoms with E-state index >= 15 is 0 Å². The average Bonchev–Trinajstić information content (AvgIpc) is 3.24. The number of aliphatic hydroxyl groups excluding tert-OH is 1. The molecule has 8 heteroatoms. The van der Waals surface area contributed by atoms with Gasteiger partial charge in [-0.1, -0.05) is 35.9 Å². The van der Waals surface area contributed by atoms with E-state index in [1.165, 1.54) is 0 Å². The summed E-state index contributed by atoms with van der Waals surface area (Å²) in [6.45, 7) is -0.0293. The van der Waals surface area contributed by atoms with Crippen molar-refractivity contribution in [3.8, 4) is 0 Å². The van der Waals surface area contributed by atoms with Crippen LogP contribution in [0.1, 0.15) is 17.4 Å². The number of aliphatic hydroxyl groups is 1. The first-order chi connectivity index (χ1) is 14.1. The lowest BCUT2D eigenvalue weighted by atomic mass is 10.2. The lowest BCUT2D eigenvalue weighted by molar-refractivity contribution is -0.0346. The van der Waals surface area contributed by atoms with Crippen LogP contribution in [0.25, 0.3) is 0 Å². The number of rotatable bonds is 6. The Balaban J connectivity index is 1.46. The Morgan fingerprint density at radius 1 is 1.17 bits per heavy atom. The van der Waals surface area contributed by atoms with Crippen LogP contribution in [-0.2, 0) is 16.1 Å². The first-order valence-electron chi connectivity index (χ1n) is 8.94. The molecule has 2 N–H and O–H groups in total. The molecule has 0 saturated heterocycles. The highest BCUT2D eigenvalue weighted by Crippen LogP contribution is 2.32. The first kappa shape index (κ1) is 19.0. The highest BCUT2D eigenvalue weighted by molar-refractivity contribution is 6.30. The van der Waals surface area contributed by atoms with Crippen LogP contribution in [0.4, 0.5) is 17.5 Å². The molecule has 1 aromatic heterocycles. The van der Waals surface area contributed by atoms with Gasteiger partial charge in [-0.15, -0.1) is 0 Å². The second-order valence-corrected chi connectivity index (χ2v) is 6.81. The molecule has 29 heavy (non-hydrogen) atoms. The highest BCUT2D eigenvalue weighted by Gasteiger charge is 2.25. The number of nitrogens with one attached hydrogen (secondary N) is 1. The van der Waals surface area contributed by atoms with Gasteiger partial charge >= 0.3 is 0 Å². The molecule has 2 heterocycles. The number of benzene rings is 2. The Kier molecular flexibility index (Phi) is 5.50. The number of hydrogen-bond acceptors (Lipinski definition) is 7. The van der Waals surface area contributed by atoms with Gasteiger partial charge < -0.3 is 19.9 Å². The molecule has 0 amide bonds. The molecule has 1 atom stereocenters. The van der Waals surface area contributed by atoms with Crippen molar-refractivity contribution in [2.75, 3.05) is 17.3 Å². The maximum Gasteiger partial charge on any atom is 0.268 e. The van der Waals surface area contributed by atoms with E-state index in [1.807, 2.05) is 43.4 Å². The molecular formula is C21H19ClN4O3.